The molecule has 4 amide bonds. The first-order chi connectivity index (χ1) is 33.1. The summed E-state index contributed by atoms with van der Waals surface area (Å²) in [6.45, 7) is 4.83. The van der Waals surface area contributed by atoms with Crippen molar-refractivity contribution in [2.75, 3.05) is 105 Å². The molecule has 0 spiro atoms. The van der Waals surface area contributed by atoms with Gasteiger partial charge in [-0.05, 0) is 80.6 Å². The number of carbonyl (C=O) groups is 2. The molecule has 8 N–H and O–H groups in total. The van der Waals surface area contributed by atoms with E-state index in [0.29, 0.717) is 54.7 Å². The van der Waals surface area contributed by atoms with Crippen LogP contribution in [0, 0.1) is 0 Å². The Kier molecular flexibility index (Phi) is 24.1. The number of hydrogen-bond donors (Lipinski definition) is 7. The maximum atomic E-state index is 13.1. The van der Waals surface area contributed by atoms with Crippen LogP contribution in [0.2, 0.25) is 20.1 Å². The second-order valence-corrected chi connectivity index (χ2v) is 21.1. The number of amides is 4. The number of ether oxygens (including phenoxy) is 5. The number of nitrogens with one attached hydrogen (secondary N) is 6. The van der Waals surface area contributed by atoms with Gasteiger partial charge in [0.25, 0.3) is 0 Å². The van der Waals surface area contributed by atoms with Crippen molar-refractivity contribution in [2.24, 2.45) is 5.73 Å². The number of halogens is 4. The number of hydrogen-bond acceptors (Lipinski definition) is 13. The molecule has 1 aliphatic heterocycles. The van der Waals surface area contributed by atoms with Gasteiger partial charge in [-0.1, -0.05) is 58.5 Å². The average molecular weight is 1080 g/mol. The number of urea groups is 2. The minimum Gasteiger partial charge on any atom is -0.484 e. The van der Waals surface area contributed by atoms with Gasteiger partial charge >= 0.3 is 12.1 Å². The highest BCUT2D eigenvalue weighted by Gasteiger charge is 2.41. The molecular weight excluding hydrogens is 1020 g/mol. The van der Waals surface area contributed by atoms with E-state index in [-0.39, 0.29) is 116 Å². The Balaban J connectivity index is 0.823. The number of unbranched alkanes of at least 4 members (excludes halogenated alkanes) is 1. The summed E-state index contributed by atoms with van der Waals surface area (Å²) in [4.78, 5) is 26.3. The number of piperidine rings is 1. The van der Waals surface area contributed by atoms with Crippen molar-refractivity contribution < 1.29 is 50.1 Å². The predicted octanol–water partition coefficient (Wildman–Crippen LogP) is 4.47. The van der Waals surface area contributed by atoms with E-state index in [0.717, 1.165) is 37.1 Å². The van der Waals surface area contributed by atoms with Gasteiger partial charge in [-0.25, -0.2) is 35.9 Å². The van der Waals surface area contributed by atoms with Gasteiger partial charge in [0.2, 0.25) is 20.0 Å². The van der Waals surface area contributed by atoms with Crippen molar-refractivity contribution in [3.8, 4) is 5.75 Å². The second-order valence-electron chi connectivity index (χ2n) is 16.0. The molecule has 1 aliphatic carbocycles. The molecule has 3 aromatic carbocycles. The molecule has 3 atom stereocenters. The number of rotatable bonds is 30. The molecule has 5 rings (SSSR count). The molecule has 0 saturated carbocycles. The van der Waals surface area contributed by atoms with Crippen LogP contribution in [0.3, 0.4) is 0 Å². The van der Waals surface area contributed by atoms with Gasteiger partial charge in [0.15, 0.2) is 0 Å². The number of likely N-dealkylation sites (tertiary alicyclic amines) is 1. The summed E-state index contributed by atoms with van der Waals surface area (Å²) in [5.74, 6) is 0.404. The van der Waals surface area contributed by atoms with Crippen LogP contribution >= 0.6 is 46.4 Å². The second kappa shape index (κ2) is 29.3. The molecule has 19 nitrogen and oxygen atoms in total. The van der Waals surface area contributed by atoms with Crippen molar-refractivity contribution in [3.63, 3.8) is 0 Å². The number of nitrogens with two attached hydrogens (primary N) is 1. The number of nitrogens with zero attached hydrogens (tertiary/aromatic N) is 1. The van der Waals surface area contributed by atoms with Crippen LogP contribution in [0.15, 0.2) is 64.4 Å². The van der Waals surface area contributed by atoms with Gasteiger partial charge in [0.1, 0.15) is 21.6 Å². The maximum Gasteiger partial charge on any atom is 0.314 e. The third-order valence-corrected chi connectivity index (χ3v) is 15.3. The maximum absolute atomic E-state index is 13.1. The van der Waals surface area contributed by atoms with E-state index in [2.05, 4.69) is 35.6 Å². The highest BCUT2D eigenvalue weighted by atomic mass is 35.5. The Morgan fingerprint density at radius 3 is 1.72 bits per heavy atom. The summed E-state index contributed by atoms with van der Waals surface area (Å²) in [6.07, 6.45) is 3.48. The van der Waals surface area contributed by atoms with E-state index in [4.69, 9.17) is 75.8 Å². The van der Waals surface area contributed by atoms with E-state index >= 15 is 0 Å². The fourth-order valence-electron chi connectivity index (χ4n) is 7.55. The summed E-state index contributed by atoms with van der Waals surface area (Å²) in [7, 11) is -7.69. The molecule has 384 valence electrons. The first kappa shape index (κ1) is 56.7. The lowest BCUT2D eigenvalue weighted by Crippen LogP contribution is -2.49. The summed E-state index contributed by atoms with van der Waals surface area (Å²) >= 11 is 25.5. The number of sulfonamides is 2. The van der Waals surface area contributed by atoms with Crippen LogP contribution in [-0.2, 0) is 45.4 Å². The Labute approximate surface area is 424 Å². The topological polar surface area (TPSA) is 250 Å². The quantitative estimate of drug-likeness (QED) is 0.0456. The van der Waals surface area contributed by atoms with Gasteiger partial charge in [0, 0.05) is 73.5 Å². The van der Waals surface area contributed by atoms with Crippen LogP contribution in [-0.4, -0.2) is 151 Å². The minimum absolute atomic E-state index is 0.00279. The lowest BCUT2D eigenvalue weighted by molar-refractivity contribution is 0.0516. The van der Waals surface area contributed by atoms with E-state index in [1.807, 2.05) is 6.07 Å². The monoisotopic (exact) mass is 1080 g/mol. The molecule has 2 aliphatic rings. The van der Waals surface area contributed by atoms with Crippen LogP contribution in [0.1, 0.15) is 42.9 Å². The highest BCUT2D eigenvalue weighted by molar-refractivity contribution is 7.90. The Morgan fingerprint density at radius 2 is 1.17 bits per heavy atom. The fraction of sp³-hybridized carbons (Fsp3) is 0.545. The standard InChI is InChI=1S/C44H62Cl4N8O11S2/c45-31-26-35-34(37(47)27-31)29-39(56-17-5-6-32(49)30-56)42(35)67-33-9-10-41(38(48)28-33)69(61,62)55-16-21-66-25-23-64-19-14-53-44(58)51-12-4-3-11-50-43(57)52-13-18-63-22-24-65-20-15-54-68(59,60)40-8-2-1-7-36(40)46/h1-2,7-10,26-28,32,39,42,54-55H,3-6,11-25,29-30,49H2,(H2,50,52,57)(H2,51,53,58)/t32-,39+,42+/m1/s1. The Morgan fingerprint density at radius 1 is 0.638 bits per heavy atom. The van der Waals surface area contributed by atoms with Crippen LogP contribution in [0.5, 0.6) is 5.75 Å². The molecule has 0 aromatic heterocycles. The summed E-state index contributed by atoms with van der Waals surface area (Å²) in [6, 6.07) is 13.6. The third-order valence-electron chi connectivity index (χ3n) is 10.9. The smallest absolute Gasteiger partial charge is 0.314 e. The van der Waals surface area contributed by atoms with Crippen LogP contribution < -0.4 is 41.2 Å². The molecule has 69 heavy (non-hydrogen) atoms. The molecule has 1 heterocycles. The van der Waals surface area contributed by atoms with Crippen molar-refractivity contribution >= 4 is 78.5 Å². The minimum atomic E-state index is -3.96. The SMILES string of the molecule is N[C@@H]1CCCN([C@H]2Cc3c(Cl)cc(Cl)cc3[C@@H]2Oc2ccc(S(=O)(=O)NCCOCCOCCNC(=O)NCCCCNC(=O)NCCOCCOCCNS(=O)(=O)c3ccccc3Cl)c(Cl)c2)C1. The first-order valence-corrected chi connectivity index (χ1v) is 27.1. The highest BCUT2D eigenvalue weighted by Crippen LogP contribution is 2.43. The van der Waals surface area contributed by atoms with Crippen molar-refractivity contribution in [2.45, 2.75) is 60.1 Å². The lowest BCUT2D eigenvalue weighted by Gasteiger charge is -2.38. The third kappa shape index (κ3) is 19.0. The predicted molar refractivity (Wildman–Crippen MR) is 265 cm³/mol. The van der Waals surface area contributed by atoms with Crippen molar-refractivity contribution in [1.29, 1.82) is 0 Å². The zero-order valence-electron chi connectivity index (χ0n) is 38.1. The van der Waals surface area contributed by atoms with Gasteiger partial charge in [-0.3, -0.25) is 4.90 Å². The van der Waals surface area contributed by atoms with Crippen molar-refractivity contribution in [1.82, 2.24) is 35.6 Å². The van der Waals surface area contributed by atoms with Gasteiger partial charge in [-0.2, -0.15) is 0 Å². The lowest BCUT2D eigenvalue weighted by atomic mass is 10.0. The zero-order chi connectivity index (χ0) is 49.7. The van der Waals surface area contributed by atoms with Gasteiger partial charge in [-0.15, -0.1) is 0 Å². The van der Waals surface area contributed by atoms with E-state index < -0.39 is 26.2 Å². The molecule has 3 aromatic rings. The van der Waals surface area contributed by atoms with Crippen molar-refractivity contribution in [3.05, 3.63) is 85.8 Å². The average Bonchev–Trinajstić information content (AvgIpc) is 3.66. The van der Waals surface area contributed by atoms with E-state index in [9.17, 15) is 26.4 Å². The Bertz CT molecular complexity index is 2340. The first-order valence-electron chi connectivity index (χ1n) is 22.7. The molecular formula is C44H62Cl4N8O11S2. The molecule has 0 radical (unpaired) electrons. The summed E-state index contributed by atoms with van der Waals surface area (Å²) < 4.78 is 84.0. The fourth-order valence-corrected chi connectivity index (χ4v) is 11.2. The molecule has 25 heteroatoms. The number of carbonyl (C=O) groups excluding carboxylic acids is 2. The zero-order valence-corrected chi connectivity index (χ0v) is 42.8. The van der Waals surface area contributed by atoms with E-state index in [1.54, 1.807) is 24.3 Å². The van der Waals surface area contributed by atoms with Crippen LogP contribution in [0.4, 0.5) is 9.59 Å². The molecule has 0 bridgehead atoms. The van der Waals surface area contributed by atoms with Gasteiger partial charge in [0.05, 0.1) is 68.9 Å². The normalized spacial score (nSPS) is 17.3. The molecule has 1 fully saturated rings. The number of fused-ring (bicyclic) bond motifs is 1. The molecule has 0 unspecified atom stereocenters. The largest absolute Gasteiger partial charge is 0.484 e. The summed E-state index contributed by atoms with van der Waals surface area (Å²) in [5.41, 5.74) is 8.17. The molecule has 1 saturated heterocycles. The Hall–Kier alpha value is -3.26. The number of benzene rings is 3. The summed E-state index contributed by atoms with van der Waals surface area (Å²) in [5, 5.41) is 12.1. The van der Waals surface area contributed by atoms with Crippen LogP contribution in [0.25, 0.3) is 0 Å². The van der Waals surface area contributed by atoms with Gasteiger partial charge < -0.3 is 50.7 Å². The van der Waals surface area contributed by atoms with E-state index in [1.165, 1.54) is 24.3 Å².